The van der Waals surface area contributed by atoms with Crippen LogP contribution in [0.2, 0.25) is 0 Å². The lowest BCUT2D eigenvalue weighted by Crippen LogP contribution is -2.60. The molecule has 0 aromatic rings. The van der Waals surface area contributed by atoms with E-state index < -0.39 is 0 Å². The van der Waals surface area contributed by atoms with Crippen molar-refractivity contribution in [3.63, 3.8) is 0 Å². The summed E-state index contributed by atoms with van der Waals surface area (Å²) in [4.78, 5) is 19.0. The van der Waals surface area contributed by atoms with Crippen molar-refractivity contribution < 1.29 is 9.53 Å². The summed E-state index contributed by atoms with van der Waals surface area (Å²) in [7, 11) is 0. The molecule has 3 aliphatic rings. The molecule has 3 rings (SSSR count). The third-order valence-corrected chi connectivity index (χ3v) is 5.72. The van der Waals surface area contributed by atoms with Crippen molar-refractivity contribution in [1.29, 1.82) is 0 Å². The molecule has 0 radical (unpaired) electrons. The fraction of sp³-hybridized carbons (Fsp3) is 0.895. The van der Waals surface area contributed by atoms with Crippen molar-refractivity contribution in [2.75, 3.05) is 45.9 Å². The molecule has 27 heavy (non-hydrogen) atoms. The second-order valence-electron chi connectivity index (χ2n) is 7.77. The molecule has 0 bridgehead atoms. The Morgan fingerprint density at radius 3 is 2.48 bits per heavy atom. The SMILES string of the molecule is CCNC(=NCC(=O)NC1CC1)NCC1(N2CCOCC2)CCCCC1.I. The van der Waals surface area contributed by atoms with Gasteiger partial charge in [-0.15, -0.1) is 24.0 Å². The fourth-order valence-electron chi connectivity index (χ4n) is 4.09. The van der Waals surface area contributed by atoms with Gasteiger partial charge in [-0.25, -0.2) is 4.99 Å². The molecule has 1 amide bonds. The maximum atomic E-state index is 11.9. The van der Waals surface area contributed by atoms with Gasteiger partial charge in [-0.3, -0.25) is 9.69 Å². The molecule has 0 unspecified atom stereocenters. The molecule has 2 saturated carbocycles. The second-order valence-corrected chi connectivity index (χ2v) is 7.77. The number of carbonyl (C=O) groups excluding carboxylic acids is 1. The normalized spacial score (nSPS) is 23.2. The summed E-state index contributed by atoms with van der Waals surface area (Å²) < 4.78 is 5.56. The highest BCUT2D eigenvalue weighted by Gasteiger charge is 2.38. The van der Waals surface area contributed by atoms with Crippen molar-refractivity contribution >= 4 is 35.8 Å². The van der Waals surface area contributed by atoms with Crippen molar-refractivity contribution in [3.05, 3.63) is 0 Å². The van der Waals surface area contributed by atoms with Gasteiger partial charge < -0.3 is 20.7 Å². The van der Waals surface area contributed by atoms with Gasteiger partial charge in [-0.05, 0) is 32.6 Å². The van der Waals surface area contributed by atoms with E-state index in [1.165, 1.54) is 32.1 Å². The van der Waals surface area contributed by atoms with Gasteiger partial charge in [0.2, 0.25) is 5.91 Å². The number of hydrogen-bond acceptors (Lipinski definition) is 4. The largest absolute Gasteiger partial charge is 0.379 e. The molecular formula is C19H36IN5O2. The zero-order valence-electron chi connectivity index (χ0n) is 16.6. The smallest absolute Gasteiger partial charge is 0.242 e. The van der Waals surface area contributed by atoms with Gasteiger partial charge in [-0.1, -0.05) is 19.3 Å². The van der Waals surface area contributed by atoms with E-state index in [-0.39, 0.29) is 42.0 Å². The van der Waals surface area contributed by atoms with E-state index in [0.717, 1.165) is 58.2 Å². The van der Waals surface area contributed by atoms with E-state index >= 15 is 0 Å². The average Bonchev–Trinajstić information content (AvgIpc) is 3.49. The maximum Gasteiger partial charge on any atom is 0.242 e. The first-order valence-electron chi connectivity index (χ1n) is 10.4. The van der Waals surface area contributed by atoms with Gasteiger partial charge in [0, 0.05) is 37.8 Å². The van der Waals surface area contributed by atoms with Crippen LogP contribution in [0.4, 0.5) is 0 Å². The lowest BCUT2D eigenvalue weighted by molar-refractivity contribution is -0.119. The maximum absolute atomic E-state index is 11.9. The first kappa shape index (κ1) is 22.7. The first-order chi connectivity index (χ1) is 12.7. The molecule has 0 spiro atoms. The molecule has 1 saturated heterocycles. The fourth-order valence-corrected chi connectivity index (χ4v) is 4.09. The van der Waals surface area contributed by atoms with Gasteiger partial charge >= 0.3 is 0 Å². The van der Waals surface area contributed by atoms with Crippen LogP contribution in [0.25, 0.3) is 0 Å². The minimum absolute atomic E-state index is 0. The van der Waals surface area contributed by atoms with E-state index in [9.17, 15) is 4.79 Å². The van der Waals surface area contributed by atoms with Crippen LogP contribution in [0.3, 0.4) is 0 Å². The standard InChI is InChI=1S/C19H35N5O2.HI/c1-2-20-18(21-14-17(25)23-16-6-7-16)22-15-19(8-4-3-5-9-19)24-10-12-26-13-11-24;/h16H,2-15H2,1H3,(H,23,25)(H2,20,21,22);1H. The molecule has 1 heterocycles. The number of ether oxygens (including phenoxy) is 1. The van der Waals surface area contributed by atoms with E-state index in [0.29, 0.717) is 6.04 Å². The van der Waals surface area contributed by atoms with Crippen LogP contribution in [0.5, 0.6) is 0 Å². The number of halogens is 1. The van der Waals surface area contributed by atoms with Gasteiger partial charge in [-0.2, -0.15) is 0 Å². The van der Waals surface area contributed by atoms with Crippen LogP contribution in [-0.4, -0.2) is 74.3 Å². The zero-order valence-corrected chi connectivity index (χ0v) is 18.9. The summed E-state index contributed by atoms with van der Waals surface area (Å²) >= 11 is 0. The monoisotopic (exact) mass is 493 g/mol. The van der Waals surface area contributed by atoms with E-state index in [1.807, 2.05) is 0 Å². The minimum atomic E-state index is 0. The number of nitrogens with one attached hydrogen (secondary N) is 3. The Kier molecular flexibility index (Phi) is 9.58. The topological polar surface area (TPSA) is 78.0 Å². The van der Waals surface area contributed by atoms with Crippen LogP contribution in [0.1, 0.15) is 51.9 Å². The van der Waals surface area contributed by atoms with Crippen LogP contribution >= 0.6 is 24.0 Å². The summed E-state index contributed by atoms with van der Waals surface area (Å²) in [5.74, 6) is 0.766. The average molecular weight is 493 g/mol. The minimum Gasteiger partial charge on any atom is -0.379 e. The Hall–Kier alpha value is -0.610. The van der Waals surface area contributed by atoms with Gasteiger partial charge in [0.05, 0.1) is 13.2 Å². The highest BCUT2D eigenvalue weighted by atomic mass is 127. The van der Waals surface area contributed by atoms with Crippen LogP contribution in [-0.2, 0) is 9.53 Å². The van der Waals surface area contributed by atoms with E-state index in [1.54, 1.807) is 0 Å². The number of amides is 1. The summed E-state index contributed by atoms with van der Waals surface area (Å²) in [6.07, 6.45) is 8.57. The van der Waals surface area contributed by atoms with Crippen molar-refractivity contribution in [3.8, 4) is 0 Å². The lowest BCUT2D eigenvalue weighted by Gasteiger charge is -2.48. The van der Waals surface area contributed by atoms with Gasteiger partial charge in [0.15, 0.2) is 5.96 Å². The van der Waals surface area contributed by atoms with E-state index in [2.05, 4.69) is 32.8 Å². The Balaban J connectivity index is 0.00000261. The van der Waals surface area contributed by atoms with Gasteiger partial charge in [0.1, 0.15) is 6.54 Å². The van der Waals surface area contributed by atoms with E-state index in [4.69, 9.17) is 4.74 Å². The number of morpholine rings is 1. The Bertz CT molecular complexity index is 486. The van der Waals surface area contributed by atoms with Crippen molar-refractivity contribution in [1.82, 2.24) is 20.9 Å². The molecule has 1 aliphatic heterocycles. The number of nitrogens with zero attached hydrogens (tertiary/aromatic N) is 2. The highest BCUT2D eigenvalue weighted by Crippen LogP contribution is 2.33. The number of rotatable bonds is 7. The summed E-state index contributed by atoms with van der Waals surface area (Å²) in [6, 6.07) is 0.389. The number of guanidine groups is 1. The summed E-state index contributed by atoms with van der Waals surface area (Å²) in [5.41, 5.74) is 0.189. The molecule has 0 atom stereocenters. The Labute approximate surface area is 180 Å². The molecule has 0 aromatic heterocycles. The molecule has 3 N–H and O–H groups in total. The molecule has 2 aliphatic carbocycles. The van der Waals surface area contributed by atoms with Crippen molar-refractivity contribution in [2.24, 2.45) is 4.99 Å². The molecule has 3 fully saturated rings. The van der Waals surface area contributed by atoms with Gasteiger partial charge in [0.25, 0.3) is 0 Å². The summed E-state index contributed by atoms with van der Waals surface area (Å²) in [6.45, 7) is 7.60. The number of carbonyl (C=O) groups is 1. The third-order valence-electron chi connectivity index (χ3n) is 5.72. The molecule has 0 aromatic carbocycles. The van der Waals surface area contributed by atoms with Crippen LogP contribution in [0, 0.1) is 0 Å². The summed E-state index contributed by atoms with van der Waals surface area (Å²) in [5, 5.41) is 9.80. The first-order valence-corrected chi connectivity index (χ1v) is 10.4. The predicted molar refractivity (Wildman–Crippen MR) is 119 cm³/mol. The van der Waals surface area contributed by atoms with Crippen LogP contribution < -0.4 is 16.0 Å². The zero-order chi connectivity index (χ0) is 18.2. The Morgan fingerprint density at radius 1 is 1.15 bits per heavy atom. The highest BCUT2D eigenvalue weighted by molar-refractivity contribution is 14.0. The third kappa shape index (κ3) is 7.05. The molecule has 8 heteroatoms. The predicted octanol–water partition coefficient (Wildman–Crippen LogP) is 1.47. The molecule has 156 valence electrons. The van der Waals surface area contributed by atoms with Crippen molar-refractivity contribution in [2.45, 2.75) is 63.5 Å². The second kappa shape index (κ2) is 11.4. The Morgan fingerprint density at radius 2 is 1.85 bits per heavy atom. The van der Waals surface area contributed by atoms with Crippen LogP contribution in [0.15, 0.2) is 4.99 Å². The number of hydrogen-bond donors (Lipinski definition) is 3. The quantitative estimate of drug-likeness (QED) is 0.285. The molecule has 7 nitrogen and oxygen atoms in total. The number of aliphatic imine (C=N–C) groups is 1. The lowest BCUT2D eigenvalue weighted by atomic mass is 9.80. The molecular weight excluding hydrogens is 457 g/mol.